The average molecular weight is 1150 g/mol. The van der Waals surface area contributed by atoms with E-state index in [9.17, 15) is 0 Å². The number of rotatable bonds is 34. The van der Waals surface area contributed by atoms with Gasteiger partial charge in [0, 0.05) is 32.7 Å². The van der Waals surface area contributed by atoms with Crippen LogP contribution in [0.5, 0.6) is 0 Å². The molecule has 452 valence electrons. The maximum Gasteiger partial charge on any atom is 1.00 e. The fraction of sp³-hybridized carbons (Fsp3) is 0.595. The van der Waals surface area contributed by atoms with Gasteiger partial charge in [0.25, 0.3) is 16.6 Å². The van der Waals surface area contributed by atoms with Crippen LogP contribution >= 0.6 is 0 Å². The lowest BCUT2D eigenvalue weighted by Gasteiger charge is -2.43. The van der Waals surface area contributed by atoms with E-state index in [2.05, 4.69) is 187 Å². The molecule has 4 aromatic rings. The Balaban J connectivity index is 0.000000393. The smallest absolute Gasteiger partial charge is 0.502 e. The van der Waals surface area contributed by atoms with Crippen molar-refractivity contribution >= 4 is 37.4 Å². The molecular weight excluding hydrogens is 1040 g/mol. The highest BCUT2D eigenvalue weighted by atomic mass is 28.4. The standard InChI is InChI=1S/C37H56O3Si.C32H48O2Si.C5H8O/c1-37(2,3)41(34-26-18-16-19-27-34,35-28-20-17-21-29-35)40-33-24-15-13-11-9-7-5-4-6-8-10-12-14-23-31-38-36-30-22-25-32-39-36;1-32(2,3)35(30-24-18-16-19-25-30,31-26-20-17-21-27-31)34-29-23-15-13-11-9-7-5-4-6-8-10-12-14-22-28-33;1-2-4-6-5-3-1/h16-21,26-29,36H,4-13,15,22,24-25,30-33H2,1-3H3;16-21,24-27,33H,4-13,15,23,28-29H2,1-3H3;2,4H,1,3,5H2/p+1. The third kappa shape index (κ3) is 27.2. The van der Waals surface area contributed by atoms with Gasteiger partial charge in [-0.15, -0.1) is 11.8 Å². The van der Waals surface area contributed by atoms with E-state index in [0.29, 0.717) is 6.61 Å². The van der Waals surface area contributed by atoms with E-state index in [0.717, 1.165) is 65.0 Å². The van der Waals surface area contributed by atoms with Gasteiger partial charge in [0.1, 0.15) is 13.2 Å². The predicted molar refractivity (Wildman–Crippen MR) is 356 cm³/mol. The van der Waals surface area contributed by atoms with Crippen molar-refractivity contribution < 1.29 is 29.6 Å². The molecule has 0 aromatic heterocycles. The number of ether oxygens (including phenoxy) is 3. The van der Waals surface area contributed by atoms with Crippen molar-refractivity contribution in [2.45, 2.75) is 244 Å². The summed E-state index contributed by atoms with van der Waals surface area (Å²) in [7, 11) is -4.76. The number of hydrogen-bond donors (Lipinski definition) is 1. The van der Waals surface area contributed by atoms with Gasteiger partial charge in [-0.3, -0.25) is 0 Å². The third-order valence-corrected chi connectivity index (χ3v) is 26.1. The molecule has 2 heterocycles. The van der Waals surface area contributed by atoms with Crippen molar-refractivity contribution in [3.63, 3.8) is 0 Å². The molecule has 0 saturated carbocycles. The normalized spacial score (nSPS) is 14.4. The van der Waals surface area contributed by atoms with Crippen LogP contribution < -0.4 is 20.7 Å². The van der Waals surface area contributed by atoms with E-state index in [1.165, 1.54) is 168 Å². The van der Waals surface area contributed by atoms with Crippen LogP contribution in [0.3, 0.4) is 0 Å². The molecule has 0 aliphatic carbocycles. The Hall–Kier alpha value is -4.23. The molecule has 2 aliphatic rings. The van der Waals surface area contributed by atoms with Gasteiger partial charge in [-0.2, -0.15) is 0 Å². The van der Waals surface area contributed by atoms with Crippen molar-refractivity contribution in [3.05, 3.63) is 134 Å². The lowest BCUT2D eigenvalue weighted by Crippen LogP contribution is -2.66. The first kappa shape index (κ1) is 70.3. The van der Waals surface area contributed by atoms with Crippen molar-refractivity contribution in [1.29, 1.82) is 0 Å². The summed E-state index contributed by atoms with van der Waals surface area (Å²) in [6.07, 6.45) is 40.1. The molecule has 1 fully saturated rings. The number of unbranched alkanes of at least 4 members (excludes halogenated alkanes) is 22. The van der Waals surface area contributed by atoms with Gasteiger partial charge in [-0.1, -0.05) is 290 Å². The van der Waals surface area contributed by atoms with Crippen LogP contribution in [0.1, 0.15) is 229 Å². The topological polar surface area (TPSA) is 66.4 Å². The molecule has 6 rings (SSSR count). The molecule has 1 saturated heterocycles. The number of aliphatic hydroxyl groups excluding tert-OH is 1. The number of aliphatic hydroxyl groups is 1. The first-order valence-electron chi connectivity index (χ1n) is 32.6. The van der Waals surface area contributed by atoms with Gasteiger partial charge in [-0.25, -0.2) is 0 Å². The second kappa shape index (κ2) is 43.4. The van der Waals surface area contributed by atoms with E-state index >= 15 is 0 Å². The minimum absolute atomic E-state index is 0. The molecule has 82 heavy (non-hydrogen) atoms. The highest BCUT2D eigenvalue weighted by molar-refractivity contribution is 7.00. The van der Waals surface area contributed by atoms with Crippen LogP contribution in [0.4, 0.5) is 0 Å². The van der Waals surface area contributed by atoms with Gasteiger partial charge in [0.2, 0.25) is 0 Å². The molecule has 4 aromatic carbocycles. The van der Waals surface area contributed by atoms with Gasteiger partial charge in [0.15, 0.2) is 6.29 Å². The minimum atomic E-state index is -2.38. The van der Waals surface area contributed by atoms with Crippen molar-refractivity contribution in [3.8, 4) is 23.7 Å². The quantitative estimate of drug-likeness (QED) is 0.0286. The van der Waals surface area contributed by atoms with Gasteiger partial charge >= 0.3 is 1.43 Å². The molecule has 2 aliphatic heterocycles. The van der Waals surface area contributed by atoms with Crippen LogP contribution in [0.2, 0.25) is 10.1 Å². The molecule has 8 heteroatoms. The monoisotopic (exact) mass is 1150 g/mol. The Morgan fingerprint density at radius 1 is 0.451 bits per heavy atom. The third-order valence-electron chi connectivity index (χ3n) is 16.0. The zero-order valence-corrected chi connectivity index (χ0v) is 54.5. The average Bonchev–Trinajstić information content (AvgIpc) is 3.53. The molecule has 1 unspecified atom stereocenters. The summed E-state index contributed by atoms with van der Waals surface area (Å²) in [5, 5.41) is 14.3. The number of hydrogen-bond acceptors (Lipinski definition) is 6. The SMILES string of the molecule is C1=COCCC1.CC(C)(C)[Si](OCCCCCCCCCCCCCC#CCO)(c1ccccc1)c1ccccc1.CC(C)(C)[Si](OCCCCCCCCCCCCCC#CCOC1CCCCO1)(c1ccccc1)c1ccccc1.[H+]. The largest absolute Gasteiger partial charge is 1.00 e. The maximum absolute atomic E-state index is 8.64. The highest BCUT2D eigenvalue weighted by Crippen LogP contribution is 2.38. The molecule has 6 nitrogen and oxygen atoms in total. The Labute approximate surface area is 505 Å². The minimum Gasteiger partial charge on any atom is -0.502 e. The molecule has 1 N–H and O–H groups in total. The zero-order chi connectivity index (χ0) is 58.6. The summed E-state index contributed by atoms with van der Waals surface area (Å²) < 4.78 is 30.1. The Bertz CT molecular complexity index is 2220. The van der Waals surface area contributed by atoms with E-state index in [4.69, 9.17) is 28.2 Å². The molecule has 0 amide bonds. The number of benzene rings is 4. The second-order valence-corrected chi connectivity index (χ2v) is 33.3. The van der Waals surface area contributed by atoms with Crippen LogP contribution in [0.15, 0.2) is 134 Å². The Morgan fingerprint density at radius 2 is 0.817 bits per heavy atom. The first-order chi connectivity index (χ1) is 40.1. The Morgan fingerprint density at radius 3 is 1.11 bits per heavy atom. The van der Waals surface area contributed by atoms with E-state index in [-0.39, 0.29) is 24.4 Å². The van der Waals surface area contributed by atoms with E-state index in [1.807, 2.05) is 6.08 Å². The van der Waals surface area contributed by atoms with E-state index < -0.39 is 16.6 Å². The Kier molecular flexibility index (Phi) is 37.2. The molecular formula is C74H113O6Si2+. The zero-order valence-electron chi connectivity index (χ0n) is 53.5. The van der Waals surface area contributed by atoms with Gasteiger partial charge in [0.05, 0.1) is 12.9 Å². The lowest BCUT2D eigenvalue weighted by atomic mass is 10.1. The lowest BCUT2D eigenvalue weighted by molar-refractivity contribution is -0.154. The molecule has 1 atom stereocenters. The molecule has 0 spiro atoms. The van der Waals surface area contributed by atoms with Crippen LogP contribution in [0.25, 0.3) is 0 Å². The summed E-state index contributed by atoms with van der Waals surface area (Å²) in [4.78, 5) is 0. The fourth-order valence-corrected chi connectivity index (χ4v) is 20.7. The fourth-order valence-electron chi connectivity index (χ4n) is 11.5. The van der Waals surface area contributed by atoms with Crippen LogP contribution in [0, 0.1) is 23.7 Å². The van der Waals surface area contributed by atoms with E-state index in [1.54, 1.807) is 6.26 Å². The predicted octanol–water partition coefficient (Wildman–Crippen LogP) is 17.5. The van der Waals surface area contributed by atoms with Gasteiger partial charge in [-0.05, 0) is 94.7 Å². The highest BCUT2D eigenvalue weighted by Gasteiger charge is 2.51. The second-order valence-electron chi connectivity index (χ2n) is 24.7. The summed E-state index contributed by atoms with van der Waals surface area (Å²) in [5.41, 5.74) is 0. The van der Waals surface area contributed by atoms with Crippen molar-refractivity contribution in [2.75, 3.05) is 39.6 Å². The molecule has 0 bridgehead atoms. The maximum atomic E-state index is 8.64. The number of allylic oxidation sites excluding steroid dienone is 1. The van der Waals surface area contributed by atoms with Gasteiger partial charge < -0.3 is 28.2 Å². The first-order valence-corrected chi connectivity index (χ1v) is 36.4. The van der Waals surface area contributed by atoms with Crippen LogP contribution in [-0.2, 0) is 23.1 Å². The summed E-state index contributed by atoms with van der Waals surface area (Å²) in [6, 6.07) is 43.9. The summed E-state index contributed by atoms with van der Waals surface area (Å²) in [6.45, 7) is 18.1. The van der Waals surface area contributed by atoms with Crippen molar-refractivity contribution in [2.24, 2.45) is 0 Å². The van der Waals surface area contributed by atoms with Crippen molar-refractivity contribution in [1.82, 2.24) is 0 Å². The summed E-state index contributed by atoms with van der Waals surface area (Å²) in [5.74, 6) is 12.1. The molecule has 0 radical (unpaired) electrons. The summed E-state index contributed by atoms with van der Waals surface area (Å²) >= 11 is 0. The van der Waals surface area contributed by atoms with Crippen LogP contribution in [-0.4, -0.2) is 67.7 Å².